The monoisotopic (exact) mass is 486 g/mol. The number of rotatable bonds is 7. The molecule has 4 aromatic rings. The van der Waals surface area contributed by atoms with Gasteiger partial charge in [0.05, 0.1) is 17.1 Å². The van der Waals surface area contributed by atoms with Crippen LogP contribution in [0.5, 0.6) is 0 Å². The number of carbonyl (C=O) groups excluding carboxylic acids is 1. The van der Waals surface area contributed by atoms with Crippen LogP contribution in [-0.4, -0.2) is 55.0 Å². The van der Waals surface area contributed by atoms with Crippen LogP contribution < -0.4 is 5.32 Å². The van der Waals surface area contributed by atoms with Gasteiger partial charge in [0.25, 0.3) is 0 Å². The third-order valence-corrected chi connectivity index (χ3v) is 7.08. The Hall–Kier alpha value is -4.14. The molecule has 9 nitrogen and oxygen atoms in total. The molecule has 1 saturated carbocycles. The van der Waals surface area contributed by atoms with Crippen LogP contribution in [0.2, 0.25) is 0 Å². The molecule has 36 heavy (non-hydrogen) atoms. The van der Waals surface area contributed by atoms with E-state index in [9.17, 15) is 14.7 Å². The average Bonchev–Trinajstić information content (AvgIpc) is 3.56. The first-order chi connectivity index (χ1) is 17.5. The topological polar surface area (TPSA) is 127 Å². The Labute approximate surface area is 209 Å². The number of benzene rings is 2. The molecule has 1 aliphatic carbocycles. The van der Waals surface area contributed by atoms with Gasteiger partial charge in [-0.2, -0.15) is 0 Å². The van der Waals surface area contributed by atoms with Crippen molar-refractivity contribution in [2.24, 2.45) is 5.92 Å². The minimum absolute atomic E-state index is 0.0194. The standard InChI is InChI=1S/C27H30N6O3/c1-33(27(35)36)19-13-11-18(12-14-19)26(34)32-22(15-17-7-3-2-4-8-17)24-28-16-23(31-24)25-29-20-9-5-6-10-21(20)30-25/h2-10,16,18-19,22H,11-15H2,1H3,(H,28,31)(H,29,30)(H,32,34)(H,35,36)/t18-,19-,22-/m0/s1. The SMILES string of the molecule is CN(C(=O)O)[C@H]1CC[C@H](C(=O)N[C@@H](Cc2ccccc2)c2nc(-c3nc4ccccc4[nH]3)c[nH]2)CC1. The van der Waals surface area contributed by atoms with Crippen molar-refractivity contribution >= 4 is 23.0 Å². The van der Waals surface area contributed by atoms with Crippen LogP contribution in [0.4, 0.5) is 4.79 Å². The summed E-state index contributed by atoms with van der Waals surface area (Å²) in [5, 5.41) is 12.5. The average molecular weight is 487 g/mol. The molecule has 4 N–H and O–H groups in total. The zero-order valence-corrected chi connectivity index (χ0v) is 20.1. The van der Waals surface area contributed by atoms with Crippen molar-refractivity contribution in [3.05, 3.63) is 72.2 Å². The molecule has 2 heterocycles. The number of hydrogen-bond acceptors (Lipinski definition) is 4. The van der Waals surface area contributed by atoms with Crippen LogP contribution in [0.25, 0.3) is 22.6 Å². The highest BCUT2D eigenvalue weighted by Gasteiger charge is 2.31. The van der Waals surface area contributed by atoms with Crippen LogP contribution in [0.3, 0.4) is 0 Å². The van der Waals surface area contributed by atoms with Gasteiger partial charge in [-0.3, -0.25) is 4.79 Å². The van der Waals surface area contributed by atoms with Crippen LogP contribution in [0.15, 0.2) is 60.8 Å². The zero-order valence-electron chi connectivity index (χ0n) is 20.1. The largest absolute Gasteiger partial charge is 0.465 e. The Kier molecular flexibility index (Phi) is 6.71. The molecule has 0 aliphatic heterocycles. The molecule has 1 atom stereocenters. The number of nitrogens with one attached hydrogen (secondary N) is 3. The molecule has 186 valence electrons. The maximum absolute atomic E-state index is 13.3. The Bertz CT molecular complexity index is 1310. The highest BCUT2D eigenvalue weighted by atomic mass is 16.4. The van der Waals surface area contributed by atoms with E-state index in [2.05, 4.69) is 20.3 Å². The van der Waals surface area contributed by atoms with Gasteiger partial charge in [-0.25, -0.2) is 14.8 Å². The van der Waals surface area contributed by atoms with Gasteiger partial charge in [0.2, 0.25) is 5.91 Å². The quantitative estimate of drug-likeness (QED) is 0.305. The first-order valence-electron chi connectivity index (χ1n) is 12.3. The number of nitrogens with zero attached hydrogens (tertiary/aromatic N) is 3. The van der Waals surface area contributed by atoms with Gasteiger partial charge in [-0.1, -0.05) is 42.5 Å². The number of amides is 2. The van der Waals surface area contributed by atoms with E-state index in [-0.39, 0.29) is 23.9 Å². The van der Waals surface area contributed by atoms with Crippen LogP contribution in [0.1, 0.15) is 43.1 Å². The molecule has 1 fully saturated rings. The van der Waals surface area contributed by atoms with E-state index in [0.717, 1.165) is 16.6 Å². The minimum atomic E-state index is -0.927. The van der Waals surface area contributed by atoms with E-state index < -0.39 is 6.09 Å². The van der Waals surface area contributed by atoms with E-state index in [1.807, 2.05) is 60.8 Å². The Morgan fingerprint density at radius 3 is 2.50 bits per heavy atom. The van der Waals surface area contributed by atoms with E-state index in [1.54, 1.807) is 7.05 Å². The van der Waals surface area contributed by atoms with Crippen molar-refractivity contribution in [2.75, 3.05) is 7.05 Å². The third kappa shape index (κ3) is 5.10. The van der Waals surface area contributed by atoms with Crippen molar-refractivity contribution in [1.82, 2.24) is 30.2 Å². The van der Waals surface area contributed by atoms with Gasteiger partial charge in [0, 0.05) is 25.2 Å². The van der Waals surface area contributed by atoms with Crippen molar-refractivity contribution < 1.29 is 14.7 Å². The number of aromatic nitrogens is 4. The van der Waals surface area contributed by atoms with Crippen LogP contribution in [-0.2, 0) is 11.2 Å². The molecule has 9 heteroatoms. The summed E-state index contributed by atoms with van der Waals surface area (Å²) in [7, 11) is 1.60. The summed E-state index contributed by atoms with van der Waals surface area (Å²) >= 11 is 0. The Morgan fingerprint density at radius 1 is 1.06 bits per heavy atom. The highest BCUT2D eigenvalue weighted by molar-refractivity contribution is 5.80. The number of hydrogen-bond donors (Lipinski definition) is 4. The molecule has 0 bridgehead atoms. The van der Waals surface area contributed by atoms with E-state index in [4.69, 9.17) is 4.98 Å². The van der Waals surface area contributed by atoms with Crippen molar-refractivity contribution in [3.8, 4) is 11.5 Å². The molecule has 2 aromatic carbocycles. The Morgan fingerprint density at radius 2 is 1.78 bits per heavy atom. The van der Waals surface area contributed by atoms with Gasteiger partial charge >= 0.3 is 6.09 Å². The second-order valence-electron chi connectivity index (χ2n) is 9.42. The smallest absolute Gasteiger partial charge is 0.407 e. The Balaban J connectivity index is 1.33. The second-order valence-corrected chi connectivity index (χ2v) is 9.42. The zero-order chi connectivity index (χ0) is 25.1. The predicted molar refractivity (Wildman–Crippen MR) is 136 cm³/mol. The number of fused-ring (bicyclic) bond motifs is 1. The van der Waals surface area contributed by atoms with Gasteiger partial charge in [0.1, 0.15) is 11.5 Å². The summed E-state index contributed by atoms with van der Waals surface area (Å²) in [5.41, 5.74) is 3.59. The van der Waals surface area contributed by atoms with E-state index in [1.165, 1.54) is 4.90 Å². The molecular weight excluding hydrogens is 456 g/mol. The lowest BCUT2D eigenvalue weighted by atomic mass is 9.84. The van der Waals surface area contributed by atoms with Crippen LogP contribution >= 0.6 is 0 Å². The molecule has 0 unspecified atom stereocenters. The number of aromatic amines is 2. The normalized spacial score (nSPS) is 18.6. The van der Waals surface area contributed by atoms with Gasteiger partial charge < -0.3 is 25.3 Å². The van der Waals surface area contributed by atoms with Gasteiger partial charge in [-0.05, 0) is 49.8 Å². The molecule has 2 amide bonds. The number of carboxylic acid groups (broad SMARTS) is 1. The second kappa shape index (κ2) is 10.2. The number of carbonyl (C=O) groups is 2. The summed E-state index contributed by atoms with van der Waals surface area (Å²) in [6.07, 6.45) is 4.16. The lowest BCUT2D eigenvalue weighted by Crippen LogP contribution is -2.42. The molecule has 0 saturated heterocycles. The molecular formula is C27H30N6O3. The highest BCUT2D eigenvalue weighted by Crippen LogP contribution is 2.29. The fraction of sp³-hybridized carbons (Fsp3) is 0.333. The molecule has 0 spiro atoms. The van der Waals surface area contributed by atoms with Crippen molar-refractivity contribution in [3.63, 3.8) is 0 Å². The fourth-order valence-corrected chi connectivity index (χ4v) is 4.95. The number of para-hydroxylation sites is 2. The maximum atomic E-state index is 13.3. The summed E-state index contributed by atoms with van der Waals surface area (Å²) in [6, 6.07) is 17.5. The molecule has 2 aromatic heterocycles. The third-order valence-electron chi connectivity index (χ3n) is 7.08. The molecule has 5 rings (SSSR count). The predicted octanol–water partition coefficient (Wildman–Crippen LogP) is 4.52. The summed E-state index contributed by atoms with van der Waals surface area (Å²) in [4.78, 5) is 41.9. The van der Waals surface area contributed by atoms with Gasteiger partial charge in [-0.15, -0.1) is 0 Å². The first kappa shape index (κ1) is 23.6. The summed E-state index contributed by atoms with van der Waals surface area (Å²) in [6.45, 7) is 0. The van der Waals surface area contributed by atoms with Gasteiger partial charge in [0.15, 0.2) is 5.82 Å². The summed E-state index contributed by atoms with van der Waals surface area (Å²) in [5.74, 6) is 1.17. The lowest BCUT2D eigenvalue weighted by molar-refractivity contribution is -0.127. The minimum Gasteiger partial charge on any atom is -0.465 e. The molecule has 1 aliphatic rings. The summed E-state index contributed by atoms with van der Waals surface area (Å²) < 4.78 is 0. The maximum Gasteiger partial charge on any atom is 0.407 e. The van der Waals surface area contributed by atoms with Crippen LogP contribution in [0, 0.1) is 5.92 Å². The van der Waals surface area contributed by atoms with E-state index >= 15 is 0 Å². The number of imidazole rings is 2. The van der Waals surface area contributed by atoms with Crippen molar-refractivity contribution in [1.29, 1.82) is 0 Å². The molecule has 0 radical (unpaired) electrons. The number of H-pyrrole nitrogens is 2. The first-order valence-corrected chi connectivity index (χ1v) is 12.3. The van der Waals surface area contributed by atoms with E-state index in [0.29, 0.717) is 49.4 Å². The van der Waals surface area contributed by atoms with Crippen molar-refractivity contribution in [2.45, 2.75) is 44.2 Å². The lowest BCUT2D eigenvalue weighted by Gasteiger charge is -2.33. The fourth-order valence-electron chi connectivity index (χ4n) is 4.95.